The molecule has 122 valence electrons. The smallest absolute Gasteiger partial charge is 0.433 e. The molecule has 0 aliphatic carbocycles. The van der Waals surface area contributed by atoms with E-state index in [0.29, 0.717) is 6.04 Å². The van der Waals surface area contributed by atoms with Crippen LogP contribution in [-0.2, 0) is 6.18 Å². The summed E-state index contributed by atoms with van der Waals surface area (Å²) in [4.78, 5) is 9.72. The van der Waals surface area contributed by atoms with Crippen LogP contribution in [0.5, 0.6) is 6.01 Å². The first-order chi connectivity index (χ1) is 10.5. The van der Waals surface area contributed by atoms with Crippen molar-refractivity contribution in [3.05, 3.63) is 18.0 Å². The quantitative estimate of drug-likeness (QED) is 0.850. The molecule has 2 fully saturated rings. The molecule has 4 nitrogen and oxygen atoms in total. The third-order valence-corrected chi connectivity index (χ3v) is 5.24. The topological polar surface area (TPSA) is 38.2 Å². The molecule has 1 unspecified atom stereocenters. The molecule has 3 heterocycles. The largest absolute Gasteiger partial charge is 0.460 e. The Morgan fingerprint density at radius 1 is 1.23 bits per heavy atom. The molecule has 0 amide bonds. The zero-order valence-corrected chi connectivity index (χ0v) is 12.9. The van der Waals surface area contributed by atoms with Crippen LogP contribution >= 0.6 is 11.8 Å². The monoisotopic (exact) mass is 333 g/mol. The van der Waals surface area contributed by atoms with Gasteiger partial charge in [0.2, 0.25) is 0 Å². The van der Waals surface area contributed by atoms with Gasteiger partial charge in [-0.05, 0) is 31.1 Å². The number of piperidine rings is 1. The molecule has 1 aromatic heterocycles. The van der Waals surface area contributed by atoms with Crippen molar-refractivity contribution < 1.29 is 17.9 Å². The summed E-state index contributed by atoms with van der Waals surface area (Å²) in [7, 11) is 0. The maximum atomic E-state index is 12.6. The Balaban J connectivity index is 1.54. The van der Waals surface area contributed by atoms with Crippen LogP contribution < -0.4 is 4.74 Å². The standard InChI is InChI=1S/C14H18F3N3OS/c15-14(16,17)12-1-5-18-13(19-12)21-11-2-6-20(7-3-11)10-4-8-22-9-10/h1,5,10-11H,2-4,6-9H2. The van der Waals surface area contributed by atoms with Crippen LogP contribution in [0.2, 0.25) is 0 Å². The number of nitrogens with zero attached hydrogens (tertiary/aromatic N) is 3. The van der Waals surface area contributed by atoms with E-state index in [1.807, 2.05) is 11.8 Å². The van der Waals surface area contributed by atoms with Crippen molar-refractivity contribution in [3.8, 4) is 6.01 Å². The highest BCUT2D eigenvalue weighted by molar-refractivity contribution is 7.99. The van der Waals surface area contributed by atoms with Crippen LogP contribution in [-0.4, -0.2) is 51.6 Å². The van der Waals surface area contributed by atoms with Gasteiger partial charge in [0, 0.05) is 31.1 Å². The minimum atomic E-state index is -4.47. The van der Waals surface area contributed by atoms with E-state index in [4.69, 9.17) is 4.74 Å². The van der Waals surface area contributed by atoms with E-state index >= 15 is 0 Å². The number of ether oxygens (including phenoxy) is 1. The molecule has 8 heteroatoms. The van der Waals surface area contributed by atoms with Crippen molar-refractivity contribution in [2.45, 2.75) is 37.6 Å². The summed E-state index contributed by atoms with van der Waals surface area (Å²) in [6.45, 7) is 1.85. The van der Waals surface area contributed by atoms with Crippen molar-refractivity contribution in [2.24, 2.45) is 0 Å². The van der Waals surface area contributed by atoms with E-state index in [1.165, 1.54) is 17.9 Å². The van der Waals surface area contributed by atoms with Gasteiger partial charge < -0.3 is 4.74 Å². The average molecular weight is 333 g/mol. The van der Waals surface area contributed by atoms with Gasteiger partial charge in [0.25, 0.3) is 0 Å². The molecule has 0 spiro atoms. The Hall–Kier alpha value is -1.02. The number of alkyl halides is 3. The number of thioether (sulfide) groups is 1. The molecule has 0 radical (unpaired) electrons. The highest BCUT2D eigenvalue weighted by Crippen LogP contribution is 2.29. The maximum Gasteiger partial charge on any atom is 0.433 e. The summed E-state index contributed by atoms with van der Waals surface area (Å²) in [6.07, 6.45) is -0.636. The fourth-order valence-electron chi connectivity index (χ4n) is 2.87. The molecule has 2 aliphatic heterocycles. The summed E-state index contributed by atoms with van der Waals surface area (Å²) >= 11 is 1.98. The van der Waals surface area contributed by atoms with E-state index < -0.39 is 11.9 Å². The van der Waals surface area contributed by atoms with Crippen LogP contribution in [0, 0.1) is 0 Å². The number of aromatic nitrogens is 2. The summed E-state index contributed by atoms with van der Waals surface area (Å²) in [6, 6.07) is 1.33. The predicted octanol–water partition coefficient (Wildman–Crippen LogP) is 2.84. The molecule has 3 rings (SSSR count). The predicted molar refractivity (Wildman–Crippen MR) is 78.0 cm³/mol. The fraction of sp³-hybridized carbons (Fsp3) is 0.714. The van der Waals surface area contributed by atoms with E-state index in [0.717, 1.165) is 38.2 Å². The lowest BCUT2D eigenvalue weighted by molar-refractivity contribution is -0.141. The summed E-state index contributed by atoms with van der Waals surface area (Å²) < 4.78 is 43.4. The Labute approximate surface area is 131 Å². The lowest BCUT2D eigenvalue weighted by Crippen LogP contribution is -2.44. The third kappa shape index (κ3) is 3.84. The second kappa shape index (κ2) is 6.62. The SMILES string of the molecule is FC(F)(F)c1ccnc(OC2CCN(C3CCSC3)CC2)n1. The molecule has 22 heavy (non-hydrogen) atoms. The lowest BCUT2D eigenvalue weighted by atomic mass is 10.1. The van der Waals surface area contributed by atoms with Gasteiger partial charge >= 0.3 is 12.2 Å². The van der Waals surface area contributed by atoms with Gasteiger partial charge in [-0.15, -0.1) is 0 Å². The van der Waals surface area contributed by atoms with Crippen molar-refractivity contribution in [1.82, 2.24) is 14.9 Å². The molecule has 0 bridgehead atoms. The molecule has 1 atom stereocenters. The molecular formula is C14H18F3N3OS. The first-order valence-corrected chi connectivity index (χ1v) is 8.56. The zero-order chi connectivity index (χ0) is 15.6. The normalized spacial score (nSPS) is 24.6. The van der Waals surface area contributed by atoms with E-state index in [-0.39, 0.29) is 12.1 Å². The zero-order valence-electron chi connectivity index (χ0n) is 12.1. The first-order valence-electron chi connectivity index (χ1n) is 7.41. The number of hydrogen-bond acceptors (Lipinski definition) is 5. The van der Waals surface area contributed by atoms with Crippen molar-refractivity contribution >= 4 is 11.8 Å². The van der Waals surface area contributed by atoms with Gasteiger partial charge in [0.1, 0.15) is 6.10 Å². The van der Waals surface area contributed by atoms with Crippen molar-refractivity contribution in [2.75, 3.05) is 24.6 Å². The van der Waals surface area contributed by atoms with Crippen LogP contribution in [0.4, 0.5) is 13.2 Å². The average Bonchev–Trinajstić information content (AvgIpc) is 3.02. The molecule has 2 aliphatic rings. The van der Waals surface area contributed by atoms with Crippen molar-refractivity contribution in [3.63, 3.8) is 0 Å². The van der Waals surface area contributed by atoms with E-state index in [9.17, 15) is 13.2 Å². The summed E-state index contributed by atoms with van der Waals surface area (Å²) in [5.74, 6) is 2.40. The van der Waals surface area contributed by atoms with Crippen LogP contribution in [0.25, 0.3) is 0 Å². The van der Waals surface area contributed by atoms with Gasteiger partial charge in [0.15, 0.2) is 5.69 Å². The minimum absolute atomic E-state index is 0.103. The minimum Gasteiger partial charge on any atom is -0.460 e. The van der Waals surface area contributed by atoms with Gasteiger partial charge in [-0.2, -0.15) is 29.9 Å². The Bertz CT molecular complexity index is 500. The molecular weight excluding hydrogens is 315 g/mol. The number of halogens is 3. The molecule has 1 aromatic rings. The second-order valence-corrected chi connectivity index (χ2v) is 6.74. The molecule has 0 aromatic carbocycles. The second-order valence-electron chi connectivity index (χ2n) is 5.59. The highest BCUT2D eigenvalue weighted by Gasteiger charge is 2.33. The molecule has 0 N–H and O–H groups in total. The maximum absolute atomic E-state index is 12.6. The molecule has 2 saturated heterocycles. The van der Waals surface area contributed by atoms with Crippen LogP contribution in [0.1, 0.15) is 25.0 Å². The Kier molecular flexibility index (Phi) is 4.77. The van der Waals surface area contributed by atoms with Crippen molar-refractivity contribution in [1.29, 1.82) is 0 Å². The van der Waals surface area contributed by atoms with Gasteiger partial charge in [-0.3, -0.25) is 4.90 Å². The highest BCUT2D eigenvalue weighted by atomic mass is 32.2. The number of rotatable bonds is 3. The number of likely N-dealkylation sites (tertiary alicyclic amines) is 1. The van der Waals surface area contributed by atoms with Gasteiger partial charge in [-0.1, -0.05) is 0 Å². The van der Waals surface area contributed by atoms with Gasteiger partial charge in [-0.25, -0.2) is 4.98 Å². The van der Waals surface area contributed by atoms with Crippen LogP contribution in [0.3, 0.4) is 0 Å². The van der Waals surface area contributed by atoms with E-state index in [1.54, 1.807) is 0 Å². The van der Waals surface area contributed by atoms with E-state index in [2.05, 4.69) is 14.9 Å². The summed E-state index contributed by atoms with van der Waals surface area (Å²) in [5.41, 5.74) is -0.960. The fourth-order valence-corrected chi connectivity index (χ4v) is 4.13. The number of hydrogen-bond donors (Lipinski definition) is 0. The lowest BCUT2D eigenvalue weighted by Gasteiger charge is -2.35. The van der Waals surface area contributed by atoms with Crippen LogP contribution in [0.15, 0.2) is 12.3 Å². The third-order valence-electron chi connectivity index (χ3n) is 4.09. The van der Waals surface area contributed by atoms with Gasteiger partial charge in [0.05, 0.1) is 0 Å². The molecule has 0 saturated carbocycles. The first kappa shape index (κ1) is 15.9. The summed E-state index contributed by atoms with van der Waals surface area (Å²) in [5, 5.41) is 0. The Morgan fingerprint density at radius 2 is 2.00 bits per heavy atom. The Morgan fingerprint density at radius 3 is 2.64 bits per heavy atom.